The fourth-order valence-electron chi connectivity index (χ4n) is 2.87. The number of carbonyl (C=O) groups excluding carboxylic acids is 1. The third-order valence-electron chi connectivity index (χ3n) is 3.91. The van der Waals surface area contributed by atoms with Crippen LogP contribution in [-0.4, -0.2) is 64.3 Å². The summed E-state index contributed by atoms with van der Waals surface area (Å²) in [7, 11) is 2.00. The molecule has 0 spiro atoms. The van der Waals surface area contributed by atoms with Gasteiger partial charge in [0.2, 0.25) is 0 Å². The molecule has 1 saturated heterocycles. The van der Waals surface area contributed by atoms with Gasteiger partial charge in [0, 0.05) is 32.1 Å². The fraction of sp³-hybridized carbons (Fsp3) is 0.533. The molecule has 0 unspecified atom stereocenters. The summed E-state index contributed by atoms with van der Waals surface area (Å²) in [6.07, 6.45) is 3.46. The van der Waals surface area contributed by atoms with Gasteiger partial charge in [0.1, 0.15) is 5.02 Å². The number of carbonyl (C=O) groups is 1. The van der Waals surface area contributed by atoms with Crippen molar-refractivity contribution in [1.29, 1.82) is 0 Å². The van der Waals surface area contributed by atoms with Crippen LogP contribution in [0.2, 0.25) is 5.02 Å². The van der Waals surface area contributed by atoms with E-state index < -0.39 is 0 Å². The Hall–Kier alpha value is -1.70. The van der Waals surface area contributed by atoms with E-state index in [1.54, 1.807) is 12.4 Å². The van der Waals surface area contributed by atoms with Crippen molar-refractivity contribution in [3.05, 3.63) is 28.7 Å². The lowest BCUT2D eigenvalue weighted by Crippen LogP contribution is -2.44. The molecule has 1 aliphatic rings. The van der Waals surface area contributed by atoms with E-state index in [1.165, 1.54) is 4.52 Å². The lowest BCUT2D eigenvalue weighted by molar-refractivity contribution is 0.0512. The summed E-state index contributed by atoms with van der Waals surface area (Å²) in [6, 6.07) is -0.0805. The van der Waals surface area contributed by atoms with Crippen LogP contribution in [0.1, 0.15) is 23.0 Å². The molecule has 7 nitrogen and oxygen atoms in total. The lowest BCUT2D eigenvalue weighted by Gasteiger charge is -2.19. The Morgan fingerprint density at radius 2 is 2.30 bits per heavy atom. The van der Waals surface area contributed by atoms with Crippen molar-refractivity contribution in [1.82, 2.24) is 24.8 Å². The predicted molar refractivity (Wildman–Crippen MR) is 86.9 cm³/mol. The second-order valence-corrected chi connectivity index (χ2v) is 6.24. The largest absolute Gasteiger partial charge is 0.375 e. The van der Waals surface area contributed by atoms with E-state index in [2.05, 4.69) is 20.3 Å². The number of amides is 1. The van der Waals surface area contributed by atoms with Gasteiger partial charge in [-0.25, -0.2) is 9.50 Å². The van der Waals surface area contributed by atoms with E-state index >= 15 is 0 Å². The molecular weight excluding hydrogens is 318 g/mol. The molecule has 0 aromatic carbocycles. The second-order valence-electron chi connectivity index (χ2n) is 5.86. The highest BCUT2D eigenvalue weighted by atomic mass is 35.5. The fourth-order valence-corrected chi connectivity index (χ4v) is 3.13. The molecule has 8 heteroatoms. The Balaban J connectivity index is 1.82. The number of hydrogen-bond donors (Lipinski definition) is 1. The zero-order valence-electron chi connectivity index (χ0n) is 13.4. The zero-order chi connectivity index (χ0) is 16.6. The van der Waals surface area contributed by atoms with Gasteiger partial charge in [-0.2, -0.15) is 5.10 Å². The van der Waals surface area contributed by atoms with Crippen molar-refractivity contribution in [2.75, 3.05) is 26.7 Å². The van der Waals surface area contributed by atoms with Crippen molar-refractivity contribution >= 4 is 23.2 Å². The normalized spacial score (nSPS) is 21.9. The molecule has 0 aliphatic carbocycles. The Labute approximate surface area is 139 Å². The van der Waals surface area contributed by atoms with Crippen LogP contribution in [0.4, 0.5) is 0 Å². The number of nitrogens with one attached hydrogen (secondary N) is 1. The van der Waals surface area contributed by atoms with E-state index in [0.29, 0.717) is 12.3 Å². The highest BCUT2D eigenvalue weighted by molar-refractivity contribution is 6.36. The van der Waals surface area contributed by atoms with Gasteiger partial charge in [0.15, 0.2) is 11.3 Å². The summed E-state index contributed by atoms with van der Waals surface area (Å²) in [6.45, 7) is 5.99. The molecule has 1 fully saturated rings. The number of hydrogen-bond acceptors (Lipinski definition) is 5. The molecule has 3 rings (SSSR count). The smallest absolute Gasteiger partial charge is 0.273 e. The number of likely N-dealkylation sites (N-methyl/N-ethyl adjacent to an activating group) is 1. The first-order chi connectivity index (χ1) is 11.0. The average molecular weight is 338 g/mol. The van der Waals surface area contributed by atoms with Gasteiger partial charge in [-0.1, -0.05) is 11.6 Å². The van der Waals surface area contributed by atoms with E-state index in [9.17, 15) is 4.79 Å². The van der Waals surface area contributed by atoms with Crippen LogP contribution in [0.5, 0.6) is 0 Å². The van der Waals surface area contributed by atoms with E-state index in [4.69, 9.17) is 16.3 Å². The Bertz CT molecular complexity index is 732. The van der Waals surface area contributed by atoms with Crippen molar-refractivity contribution in [2.45, 2.75) is 26.0 Å². The predicted octanol–water partition coefficient (Wildman–Crippen LogP) is 1.14. The highest BCUT2D eigenvalue weighted by Crippen LogP contribution is 2.21. The van der Waals surface area contributed by atoms with Crippen LogP contribution >= 0.6 is 11.6 Å². The van der Waals surface area contributed by atoms with Crippen molar-refractivity contribution in [2.24, 2.45) is 0 Å². The molecule has 0 radical (unpaired) electrons. The molecule has 1 aliphatic heterocycles. The van der Waals surface area contributed by atoms with Crippen LogP contribution < -0.4 is 5.32 Å². The number of ether oxygens (including phenoxy) is 1. The van der Waals surface area contributed by atoms with Crippen molar-refractivity contribution in [3.8, 4) is 0 Å². The number of aryl methyl sites for hydroxylation is 1. The Kier molecular flexibility index (Phi) is 4.52. The minimum Gasteiger partial charge on any atom is -0.375 e. The molecule has 2 atom stereocenters. The van der Waals surface area contributed by atoms with Crippen LogP contribution in [-0.2, 0) is 4.74 Å². The topological polar surface area (TPSA) is 71.8 Å². The third kappa shape index (κ3) is 3.17. The van der Waals surface area contributed by atoms with Gasteiger partial charge in [0.05, 0.1) is 12.1 Å². The first-order valence-corrected chi connectivity index (χ1v) is 7.99. The van der Waals surface area contributed by atoms with Crippen LogP contribution in [0.15, 0.2) is 12.4 Å². The number of halogens is 1. The van der Waals surface area contributed by atoms with Gasteiger partial charge < -0.3 is 15.0 Å². The number of fused-ring (bicyclic) bond motifs is 1. The number of nitrogens with zero attached hydrogens (tertiary/aromatic N) is 4. The van der Waals surface area contributed by atoms with Gasteiger partial charge in [-0.15, -0.1) is 0 Å². The summed E-state index contributed by atoms with van der Waals surface area (Å²) in [5.41, 5.74) is 1.61. The van der Waals surface area contributed by atoms with E-state index in [0.717, 1.165) is 18.7 Å². The molecule has 2 aromatic rings. The Morgan fingerprint density at radius 3 is 3.04 bits per heavy atom. The summed E-state index contributed by atoms with van der Waals surface area (Å²) in [5, 5.41) is 7.51. The quantitative estimate of drug-likeness (QED) is 0.906. The minimum absolute atomic E-state index is 0.0230. The maximum Gasteiger partial charge on any atom is 0.273 e. The zero-order valence-corrected chi connectivity index (χ0v) is 14.2. The maximum absolute atomic E-state index is 12.6. The first kappa shape index (κ1) is 16.2. The molecule has 2 aromatic heterocycles. The van der Waals surface area contributed by atoms with Crippen LogP contribution in [0, 0.1) is 6.92 Å². The molecule has 0 saturated carbocycles. The standard InChI is InChI=1S/C15H20ClN5O2/c1-4-23-11-8-20(3)7-10(11)18-15(22)13-12(16)14-17-5-9(2)6-21(14)19-13/h5-6,10-11H,4,7-8H2,1-3H3,(H,18,22)/t10-,11-/m1/s1. The maximum atomic E-state index is 12.6. The Morgan fingerprint density at radius 1 is 1.52 bits per heavy atom. The van der Waals surface area contributed by atoms with E-state index in [-0.39, 0.29) is 28.8 Å². The lowest BCUT2D eigenvalue weighted by atomic mass is 10.2. The molecule has 124 valence electrons. The first-order valence-electron chi connectivity index (χ1n) is 7.61. The molecule has 1 N–H and O–H groups in total. The van der Waals surface area contributed by atoms with Crippen LogP contribution in [0.25, 0.3) is 5.65 Å². The van der Waals surface area contributed by atoms with Gasteiger partial charge in [0.25, 0.3) is 5.91 Å². The molecule has 23 heavy (non-hydrogen) atoms. The summed E-state index contributed by atoms with van der Waals surface area (Å²) in [4.78, 5) is 18.9. The highest BCUT2D eigenvalue weighted by Gasteiger charge is 2.33. The third-order valence-corrected chi connectivity index (χ3v) is 4.25. The number of rotatable bonds is 4. The van der Waals surface area contributed by atoms with Crippen LogP contribution in [0.3, 0.4) is 0 Å². The summed E-state index contributed by atoms with van der Waals surface area (Å²) in [5.74, 6) is -0.303. The number of likely N-dealkylation sites (tertiary alicyclic amines) is 1. The average Bonchev–Trinajstić information content (AvgIpc) is 3.00. The molecular formula is C15H20ClN5O2. The molecule has 1 amide bonds. The monoisotopic (exact) mass is 337 g/mol. The van der Waals surface area contributed by atoms with E-state index in [1.807, 2.05) is 20.9 Å². The minimum atomic E-state index is -0.303. The second kappa shape index (κ2) is 6.43. The SMILES string of the molecule is CCO[C@@H]1CN(C)C[C@H]1NC(=O)c1nn2cc(C)cnc2c1Cl. The van der Waals surface area contributed by atoms with Gasteiger partial charge in [-0.3, -0.25) is 4.79 Å². The van der Waals surface area contributed by atoms with Gasteiger partial charge in [-0.05, 0) is 26.5 Å². The summed E-state index contributed by atoms with van der Waals surface area (Å²) >= 11 is 6.27. The van der Waals surface area contributed by atoms with Crippen molar-refractivity contribution in [3.63, 3.8) is 0 Å². The summed E-state index contributed by atoms with van der Waals surface area (Å²) < 4.78 is 7.24. The number of aromatic nitrogens is 3. The molecule has 3 heterocycles. The van der Waals surface area contributed by atoms with Gasteiger partial charge >= 0.3 is 0 Å². The van der Waals surface area contributed by atoms with Crippen molar-refractivity contribution < 1.29 is 9.53 Å². The molecule has 0 bridgehead atoms.